The second-order valence-corrected chi connectivity index (χ2v) is 4.48. The minimum absolute atomic E-state index is 0.871. The summed E-state index contributed by atoms with van der Waals surface area (Å²) in [6.07, 6.45) is 0. The van der Waals surface area contributed by atoms with Crippen LogP contribution in [0.15, 0.2) is 28.1 Å². The van der Waals surface area contributed by atoms with Gasteiger partial charge in [0.2, 0.25) is 0 Å². The molecule has 1 heterocycles. The predicted molar refractivity (Wildman–Crippen MR) is 56.1 cm³/mol. The molecule has 0 spiro atoms. The summed E-state index contributed by atoms with van der Waals surface area (Å²) in [6.45, 7) is 0.871. The highest BCUT2D eigenvalue weighted by Crippen LogP contribution is 2.27. The van der Waals surface area contributed by atoms with E-state index in [9.17, 15) is 0 Å². The number of hydrogen-bond acceptors (Lipinski definition) is 1. The molecule has 62 valence electrons. The normalized spacial score (nSPS) is 10.8. The van der Waals surface area contributed by atoms with Gasteiger partial charge >= 0.3 is 0 Å². The van der Waals surface area contributed by atoms with Gasteiger partial charge in [0.05, 0.1) is 0 Å². The number of fused-ring (bicyclic) bond motifs is 1. The molecule has 0 saturated carbocycles. The van der Waals surface area contributed by atoms with Crippen LogP contribution in [0.1, 0.15) is 5.56 Å². The summed E-state index contributed by atoms with van der Waals surface area (Å²) in [5, 5.41) is 3.52. The van der Waals surface area contributed by atoms with E-state index < -0.39 is 0 Å². The van der Waals surface area contributed by atoms with E-state index in [2.05, 4.69) is 45.2 Å². The fourth-order valence-electron chi connectivity index (χ4n) is 1.25. The van der Waals surface area contributed by atoms with E-state index in [1.165, 1.54) is 15.6 Å². The SMILES string of the molecule is [NH3+]Cc1csc2ccc(Br)cc12. The zero-order chi connectivity index (χ0) is 8.55. The lowest BCUT2D eigenvalue weighted by molar-refractivity contribution is -0.386. The van der Waals surface area contributed by atoms with Gasteiger partial charge in [-0.1, -0.05) is 15.9 Å². The van der Waals surface area contributed by atoms with Crippen LogP contribution in [-0.4, -0.2) is 0 Å². The van der Waals surface area contributed by atoms with Gasteiger partial charge in [-0.2, -0.15) is 0 Å². The van der Waals surface area contributed by atoms with Crippen molar-refractivity contribution >= 4 is 37.4 Å². The summed E-state index contributed by atoms with van der Waals surface area (Å²) in [7, 11) is 0. The summed E-state index contributed by atoms with van der Waals surface area (Å²) in [6, 6.07) is 6.38. The molecule has 3 heteroatoms. The molecular weight excluding hydrogens is 234 g/mol. The smallest absolute Gasteiger partial charge is 0.101 e. The van der Waals surface area contributed by atoms with Gasteiger partial charge in [-0.15, -0.1) is 11.3 Å². The fraction of sp³-hybridized carbons (Fsp3) is 0.111. The van der Waals surface area contributed by atoms with Gasteiger partial charge in [-0.05, 0) is 18.2 Å². The van der Waals surface area contributed by atoms with Gasteiger partial charge in [0.1, 0.15) is 6.54 Å². The van der Waals surface area contributed by atoms with Crippen LogP contribution < -0.4 is 5.73 Å². The van der Waals surface area contributed by atoms with Crippen LogP contribution in [0.5, 0.6) is 0 Å². The molecule has 0 amide bonds. The molecular formula is C9H9BrNS+. The Labute approximate surface area is 83.3 Å². The lowest BCUT2D eigenvalue weighted by Crippen LogP contribution is -2.47. The second kappa shape index (κ2) is 3.17. The molecule has 0 atom stereocenters. The van der Waals surface area contributed by atoms with Crippen LogP contribution in [0.3, 0.4) is 0 Å². The number of quaternary nitrogens is 1. The number of thiophene rings is 1. The second-order valence-electron chi connectivity index (χ2n) is 2.65. The molecule has 0 aliphatic rings. The summed E-state index contributed by atoms with van der Waals surface area (Å²) in [4.78, 5) is 0. The third-order valence-corrected chi connectivity index (χ3v) is 3.39. The first-order valence-corrected chi connectivity index (χ1v) is 5.43. The molecule has 0 bridgehead atoms. The average molecular weight is 243 g/mol. The van der Waals surface area contributed by atoms with Crippen LogP contribution in [-0.2, 0) is 6.54 Å². The van der Waals surface area contributed by atoms with E-state index >= 15 is 0 Å². The zero-order valence-corrected chi connectivity index (χ0v) is 8.91. The Morgan fingerprint density at radius 3 is 3.00 bits per heavy atom. The highest BCUT2D eigenvalue weighted by Gasteiger charge is 2.03. The molecule has 1 aromatic heterocycles. The fourth-order valence-corrected chi connectivity index (χ4v) is 2.59. The first-order chi connectivity index (χ1) is 5.81. The van der Waals surface area contributed by atoms with Crippen molar-refractivity contribution in [2.75, 3.05) is 0 Å². The van der Waals surface area contributed by atoms with Crippen LogP contribution in [0, 0.1) is 0 Å². The zero-order valence-electron chi connectivity index (χ0n) is 6.51. The van der Waals surface area contributed by atoms with E-state index in [0.717, 1.165) is 11.0 Å². The van der Waals surface area contributed by atoms with Crippen molar-refractivity contribution < 1.29 is 5.73 Å². The van der Waals surface area contributed by atoms with Gasteiger partial charge in [0.15, 0.2) is 0 Å². The van der Waals surface area contributed by atoms with Crippen molar-refractivity contribution in [3.63, 3.8) is 0 Å². The third kappa shape index (κ3) is 1.28. The summed E-state index contributed by atoms with van der Waals surface area (Å²) >= 11 is 5.25. The molecule has 3 N–H and O–H groups in total. The van der Waals surface area contributed by atoms with Gasteiger partial charge in [-0.25, -0.2) is 0 Å². The number of benzene rings is 1. The van der Waals surface area contributed by atoms with E-state index in [0.29, 0.717) is 0 Å². The lowest BCUT2D eigenvalue weighted by Gasteiger charge is -1.93. The molecule has 0 saturated heterocycles. The molecule has 0 unspecified atom stereocenters. The topological polar surface area (TPSA) is 27.6 Å². The van der Waals surface area contributed by atoms with Crippen molar-refractivity contribution in [3.8, 4) is 0 Å². The highest BCUT2D eigenvalue weighted by molar-refractivity contribution is 9.10. The Balaban J connectivity index is 2.75. The predicted octanol–water partition coefficient (Wildman–Crippen LogP) is 2.41. The number of hydrogen-bond donors (Lipinski definition) is 1. The number of halogens is 1. The van der Waals surface area contributed by atoms with Crippen molar-refractivity contribution in [1.29, 1.82) is 0 Å². The summed E-state index contributed by atoms with van der Waals surface area (Å²) < 4.78 is 2.49. The number of rotatable bonds is 1. The molecule has 2 rings (SSSR count). The van der Waals surface area contributed by atoms with Crippen molar-refractivity contribution in [1.82, 2.24) is 0 Å². The largest absolute Gasteiger partial charge is 0.354 e. The molecule has 0 aliphatic carbocycles. The van der Waals surface area contributed by atoms with E-state index in [4.69, 9.17) is 0 Å². The van der Waals surface area contributed by atoms with E-state index in [1.54, 1.807) is 11.3 Å². The molecule has 1 aromatic carbocycles. The van der Waals surface area contributed by atoms with E-state index in [1.807, 2.05) is 0 Å². The van der Waals surface area contributed by atoms with Crippen LogP contribution in [0.25, 0.3) is 10.1 Å². The summed E-state index contributed by atoms with van der Waals surface area (Å²) in [5.41, 5.74) is 5.24. The molecule has 0 fully saturated rings. The van der Waals surface area contributed by atoms with Gasteiger partial charge in [-0.3, -0.25) is 0 Å². The summed E-state index contributed by atoms with van der Waals surface area (Å²) in [5.74, 6) is 0. The Hall–Kier alpha value is -0.380. The maximum Gasteiger partial charge on any atom is 0.101 e. The van der Waals surface area contributed by atoms with E-state index in [-0.39, 0.29) is 0 Å². The first-order valence-electron chi connectivity index (χ1n) is 3.76. The molecule has 1 nitrogen and oxygen atoms in total. The van der Waals surface area contributed by atoms with Crippen LogP contribution >= 0.6 is 27.3 Å². The maximum atomic E-state index is 3.90. The monoisotopic (exact) mass is 242 g/mol. The van der Waals surface area contributed by atoms with Crippen LogP contribution in [0.4, 0.5) is 0 Å². The standard InChI is InChI=1S/C9H8BrNS/c10-7-1-2-9-8(3-7)6(4-11)5-12-9/h1-3,5H,4,11H2/p+1. The van der Waals surface area contributed by atoms with Gasteiger partial charge < -0.3 is 5.73 Å². The Bertz CT molecular complexity index is 408. The first kappa shape index (κ1) is 8.23. The quantitative estimate of drug-likeness (QED) is 0.796. The minimum atomic E-state index is 0.871. The Kier molecular flexibility index (Phi) is 2.17. The maximum absolute atomic E-state index is 3.90. The molecule has 2 aromatic rings. The Morgan fingerprint density at radius 2 is 2.25 bits per heavy atom. The molecule has 12 heavy (non-hydrogen) atoms. The molecule has 0 radical (unpaired) electrons. The van der Waals surface area contributed by atoms with Gasteiger partial charge in [0.25, 0.3) is 0 Å². The minimum Gasteiger partial charge on any atom is -0.354 e. The average Bonchev–Trinajstić information content (AvgIpc) is 2.46. The van der Waals surface area contributed by atoms with Crippen LogP contribution in [0.2, 0.25) is 0 Å². The van der Waals surface area contributed by atoms with Crippen molar-refractivity contribution in [3.05, 3.63) is 33.6 Å². The van der Waals surface area contributed by atoms with Crippen molar-refractivity contribution in [2.45, 2.75) is 6.54 Å². The van der Waals surface area contributed by atoms with Crippen molar-refractivity contribution in [2.24, 2.45) is 0 Å². The highest BCUT2D eigenvalue weighted by atomic mass is 79.9. The Morgan fingerprint density at radius 1 is 1.42 bits per heavy atom. The molecule has 0 aliphatic heterocycles. The third-order valence-electron chi connectivity index (χ3n) is 1.89. The lowest BCUT2D eigenvalue weighted by atomic mass is 10.2. The van der Waals surface area contributed by atoms with Gasteiger partial charge in [0, 0.05) is 25.5 Å².